The van der Waals surface area contributed by atoms with Crippen molar-refractivity contribution < 1.29 is 13.9 Å². The largest absolute Gasteiger partial charge is 0.458 e. The minimum atomic E-state index is -0.261. The summed E-state index contributed by atoms with van der Waals surface area (Å²) in [6.45, 7) is 1.87. The Kier molecular flexibility index (Phi) is 5.06. The van der Waals surface area contributed by atoms with E-state index in [2.05, 4.69) is 4.98 Å². The Morgan fingerprint density at radius 2 is 1.75 bits per heavy atom. The van der Waals surface area contributed by atoms with Gasteiger partial charge in [-0.2, -0.15) is 0 Å². The molecule has 3 rings (SSSR count). The minimum Gasteiger partial charge on any atom is -0.458 e. The van der Waals surface area contributed by atoms with Gasteiger partial charge in [0.15, 0.2) is 11.7 Å². The lowest BCUT2D eigenvalue weighted by molar-refractivity contribution is -0.148. The Bertz CT molecular complexity index is 781. The molecule has 1 aromatic heterocycles. The van der Waals surface area contributed by atoms with Gasteiger partial charge in [0.2, 0.25) is 0 Å². The molecule has 0 spiro atoms. The van der Waals surface area contributed by atoms with Crippen molar-refractivity contribution in [3.05, 3.63) is 78.3 Å². The number of hydrogen-bond acceptors (Lipinski definition) is 4. The molecule has 0 aliphatic rings. The van der Waals surface area contributed by atoms with Crippen LogP contribution in [0.25, 0.3) is 11.3 Å². The van der Waals surface area contributed by atoms with Crippen molar-refractivity contribution in [1.29, 1.82) is 0 Å². The molecule has 2 aromatic carbocycles. The maximum atomic E-state index is 12.0. The third kappa shape index (κ3) is 4.10. The van der Waals surface area contributed by atoms with E-state index in [0.29, 0.717) is 18.1 Å². The second-order valence-electron chi connectivity index (χ2n) is 5.53. The number of nitrogens with zero attached hydrogens (tertiary/aromatic N) is 1. The summed E-state index contributed by atoms with van der Waals surface area (Å²) in [7, 11) is 0. The van der Waals surface area contributed by atoms with E-state index >= 15 is 0 Å². The van der Waals surface area contributed by atoms with E-state index in [9.17, 15) is 4.79 Å². The average Bonchev–Trinajstić information content (AvgIpc) is 3.10. The lowest BCUT2D eigenvalue weighted by atomic mass is 10.1. The summed E-state index contributed by atoms with van der Waals surface area (Å²) in [4.78, 5) is 16.2. The lowest BCUT2D eigenvalue weighted by Gasteiger charge is -2.13. The van der Waals surface area contributed by atoms with Crippen LogP contribution in [0.15, 0.2) is 71.3 Å². The molecule has 0 aliphatic carbocycles. The maximum Gasteiger partial charge on any atom is 0.306 e. The first-order valence-corrected chi connectivity index (χ1v) is 7.97. The topological polar surface area (TPSA) is 52.3 Å². The number of benzene rings is 2. The molecule has 0 aliphatic heterocycles. The molecule has 1 unspecified atom stereocenters. The zero-order valence-electron chi connectivity index (χ0n) is 13.5. The van der Waals surface area contributed by atoms with Crippen LogP contribution in [-0.4, -0.2) is 11.0 Å². The van der Waals surface area contributed by atoms with Crippen molar-refractivity contribution in [2.45, 2.75) is 25.9 Å². The monoisotopic (exact) mass is 321 g/mol. The molecule has 0 fully saturated rings. The second-order valence-corrected chi connectivity index (χ2v) is 5.53. The van der Waals surface area contributed by atoms with Gasteiger partial charge >= 0.3 is 5.97 Å². The Morgan fingerprint density at radius 1 is 1.08 bits per heavy atom. The number of carbonyl (C=O) groups is 1. The van der Waals surface area contributed by atoms with Crippen LogP contribution < -0.4 is 0 Å². The molecule has 0 saturated carbocycles. The van der Waals surface area contributed by atoms with Crippen molar-refractivity contribution in [3.8, 4) is 11.3 Å². The van der Waals surface area contributed by atoms with Crippen LogP contribution in [0.5, 0.6) is 0 Å². The smallest absolute Gasteiger partial charge is 0.306 e. The molecule has 0 amide bonds. The summed E-state index contributed by atoms with van der Waals surface area (Å²) in [6.07, 6.45) is 2.09. The van der Waals surface area contributed by atoms with Gasteiger partial charge in [-0.15, -0.1) is 0 Å². The van der Waals surface area contributed by atoms with Gasteiger partial charge in [-0.1, -0.05) is 60.7 Å². The van der Waals surface area contributed by atoms with E-state index in [1.165, 1.54) is 0 Å². The quantitative estimate of drug-likeness (QED) is 0.624. The van der Waals surface area contributed by atoms with Gasteiger partial charge in [-0.25, -0.2) is 4.98 Å². The van der Waals surface area contributed by atoms with Crippen LogP contribution >= 0.6 is 0 Å². The van der Waals surface area contributed by atoms with Gasteiger partial charge in [0.25, 0.3) is 0 Å². The van der Waals surface area contributed by atoms with Crippen molar-refractivity contribution >= 4 is 5.97 Å². The molecule has 0 saturated heterocycles. The second kappa shape index (κ2) is 7.59. The van der Waals surface area contributed by atoms with Crippen molar-refractivity contribution in [1.82, 2.24) is 4.98 Å². The van der Waals surface area contributed by atoms with E-state index in [-0.39, 0.29) is 18.5 Å². The number of esters is 1. The molecule has 3 aromatic rings. The van der Waals surface area contributed by atoms with E-state index in [4.69, 9.17) is 9.15 Å². The first-order valence-electron chi connectivity index (χ1n) is 7.97. The summed E-state index contributed by atoms with van der Waals surface area (Å²) >= 11 is 0. The van der Waals surface area contributed by atoms with E-state index < -0.39 is 0 Å². The predicted octanol–water partition coefficient (Wildman–Crippen LogP) is 4.58. The molecule has 1 atom stereocenters. The van der Waals surface area contributed by atoms with E-state index in [1.54, 1.807) is 6.20 Å². The molecular weight excluding hydrogens is 302 g/mol. The zero-order valence-corrected chi connectivity index (χ0v) is 13.5. The van der Waals surface area contributed by atoms with Crippen LogP contribution in [0.4, 0.5) is 0 Å². The Balaban J connectivity index is 1.53. The first kappa shape index (κ1) is 16.0. The molecule has 24 heavy (non-hydrogen) atoms. The fourth-order valence-electron chi connectivity index (χ4n) is 2.42. The highest BCUT2D eigenvalue weighted by Gasteiger charge is 2.13. The SMILES string of the molecule is CC(OC(=O)CCc1ncc(-c2ccccc2)o1)c1ccccc1. The highest BCUT2D eigenvalue weighted by Crippen LogP contribution is 2.21. The van der Waals surface area contributed by atoms with Crippen molar-refractivity contribution in [2.24, 2.45) is 0 Å². The van der Waals surface area contributed by atoms with Crippen LogP contribution in [0.1, 0.15) is 30.9 Å². The molecule has 0 N–H and O–H groups in total. The summed E-state index contributed by atoms with van der Waals surface area (Å²) in [6, 6.07) is 19.4. The van der Waals surface area contributed by atoms with Crippen LogP contribution in [0, 0.1) is 0 Å². The third-order valence-electron chi connectivity index (χ3n) is 3.73. The normalized spacial score (nSPS) is 11.9. The number of ether oxygens (including phenoxy) is 1. The van der Waals surface area contributed by atoms with Gasteiger partial charge in [0, 0.05) is 12.0 Å². The maximum absolute atomic E-state index is 12.0. The summed E-state index contributed by atoms with van der Waals surface area (Å²) in [5.74, 6) is 0.987. The van der Waals surface area contributed by atoms with Crippen LogP contribution in [-0.2, 0) is 16.0 Å². The molecule has 0 radical (unpaired) electrons. The van der Waals surface area contributed by atoms with Crippen molar-refractivity contribution in [2.75, 3.05) is 0 Å². The van der Waals surface area contributed by atoms with Gasteiger partial charge < -0.3 is 9.15 Å². The van der Waals surface area contributed by atoms with Gasteiger partial charge in [-0.05, 0) is 12.5 Å². The number of oxazole rings is 1. The Morgan fingerprint density at radius 3 is 2.46 bits per heavy atom. The summed E-state index contributed by atoms with van der Waals surface area (Å²) < 4.78 is 11.1. The molecule has 0 bridgehead atoms. The average molecular weight is 321 g/mol. The Labute approximate surface area is 141 Å². The van der Waals surface area contributed by atoms with Gasteiger partial charge in [0.05, 0.1) is 12.6 Å². The number of hydrogen-bond donors (Lipinski definition) is 0. The molecule has 4 heteroatoms. The predicted molar refractivity (Wildman–Crippen MR) is 91.2 cm³/mol. The Hall–Kier alpha value is -2.88. The zero-order chi connectivity index (χ0) is 16.8. The van der Waals surface area contributed by atoms with Gasteiger partial charge in [0.1, 0.15) is 6.10 Å². The summed E-state index contributed by atoms with van der Waals surface area (Å²) in [5, 5.41) is 0. The molecule has 4 nitrogen and oxygen atoms in total. The fraction of sp³-hybridized carbons (Fsp3) is 0.200. The summed E-state index contributed by atoms with van der Waals surface area (Å²) in [5.41, 5.74) is 1.95. The number of rotatable bonds is 6. The van der Waals surface area contributed by atoms with Crippen molar-refractivity contribution in [3.63, 3.8) is 0 Å². The number of aromatic nitrogens is 1. The van der Waals surface area contributed by atoms with Gasteiger partial charge in [-0.3, -0.25) is 4.79 Å². The number of carbonyl (C=O) groups excluding carboxylic acids is 1. The highest BCUT2D eigenvalue weighted by atomic mass is 16.5. The van der Waals surface area contributed by atoms with E-state index in [0.717, 1.165) is 11.1 Å². The molecular formula is C20H19NO3. The number of aryl methyl sites for hydroxylation is 1. The van der Waals surface area contributed by atoms with Crippen LogP contribution in [0.3, 0.4) is 0 Å². The standard InChI is InChI=1S/C20H19NO3/c1-15(16-8-4-2-5-9-16)23-20(22)13-12-19-21-14-18(24-19)17-10-6-3-7-11-17/h2-11,14-15H,12-13H2,1H3. The third-order valence-corrected chi connectivity index (χ3v) is 3.73. The van der Waals surface area contributed by atoms with Crippen LogP contribution in [0.2, 0.25) is 0 Å². The highest BCUT2D eigenvalue weighted by molar-refractivity contribution is 5.70. The fourth-order valence-corrected chi connectivity index (χ4v) is 2.42. The van der Waals surface area contributed by atoms with E-state index in [1.807, 2.05) is 67.6 Å². The molecule has 1 heterocycles. The minimum absolute atomic E-state index is 0.242. The first-order chi connectivity index (χ1) is 11.7. The lowest BCUT2D eigenvalue weighted by Crippen LogP contribution is -2.09. The molecule has 122 valence electrons.